The first-order valence-corrected chi connectivity index (χ1v) is 14.3. The third-order valence-corrected chi connectivity index (χ3v) is 6.65. The molecule has 0 radical (unpaired) electrons. The van der Waals surface area contributed by atoms with Gasteiger partial charge in [0.2, 0.25) is 5.91 Å². The Labute approximate surface area is 248 Å². The number of amides is 1. The number of aliphatic hydroxyl groups excluding tert-OH is 2. The molecule has 11 nitrogen and oxygen atoms in total. The summed E-state index contributed by atoms with van der Waals surface area (Å²) in [4.78, 5) is 36.8. The fourth-order valence-corrected chi connectivity index (χ4v) is 4.12. The summed E-state index contributed by atoms with van der Waals surface area (Å²) in [5, 5.41) is 24.9. The molecular weight excluding hydrogens is 542 g/mol. The van der Waals surface area contributed by atoms with E-state index in [-0.39, 0.29) is 56.7 Å². The van der Waals surface area contributed by atoms with Crippen LogP contribution in [0.1, 0.15) is 51.7 Å². The number of nitroso groups, excluding NO2 is 1. The number of benzene rings is 2. The summed E-state index contributed by atoms with van der Waals surface area (Å²) >= 11 is 0. The lowest BCUT2D eigenvalue weighted by Crippen LogP contribution is -2.43. The molecule has 0 saturated heterocycles. The maximum absolute atomic E-state index is 13.0. The van der Waals surface area contributed by atoms with Crippen molar-refractivity contribution in [2.24, 2.45) is 5.29 Å². The quantitative estimate of drug-likeness (QED) is 0.144. The first-order chi connectivity index (χ1) is 20.0. The SMILES string of the molecule is COC(=O)CCc1ccc(OCC(O)CN(C(=O)CCc2ccc(OCC(O)CN(N=O)C(C)C)cc2)C(C)C)cc1. The van der Waals surface area contributed by atoms with Crippen molar-refractivity contribution >= 4 is 11.9 Å². The van der Waals surface area contributed by atoms with Crippen LogP contribution in [0.15, 0.2) is 53.8 Å². The minimum Gasteiger partial charge on any atom is -0.491 e. The Bertz CT molecular complexity index is 1090. The van der Waals surface area contributed by atoms with E-state index in [0.29, 0.717) is 30.8 Å². The molecule has 232 valence electrons. The van der Waals surface area contributed by atoms with E-state index in [0.717, 1.165) is 11.1 Å². The summed E-state index contributed by atoms with van der Waals surface area (Å²) in [7, 11) is 1.36. The molecule has 2 atom stereocenters. The van der Waals surface area contributed by atoms with Crippen molar-refractivity contribution < 1.29 is 34.0 Å². The third kappa shape index (κ3) is 12.4. The molecule has 1 amide bonds. The first-order valence-electron chi connectivity index (χ1n) is 14.3. The van der Waals surface area contributed by atoms with Gasteiger partial charge in [0.05, 0.1) is 25.5 Å². The number of hydrogen-bond acceptors (Lipinski definition) is 9. The Morgan fingerprint density at radius 2 is 1.24 bits per heavy atom. The summed E-state index contributed by atoms with van der Waals surface area (Å²) in [5.74, 6) is 0.835. The van der Waals surface area contributed by atoms with Gasteiger partial charge in [-0.2, -0.15) is 0 Å². The molecule has 0 aliphatic heterocycles. The highest BCUT2D eigenvalue weighted by Gasteiger charge is 2.21. The van der Waals surface area contributed by atoms with E-state index in [2.05, 4.69) is 10.0 Å². The molecule has 2 aromatic rings. The van der Waals surface area contributed by atoms with Crippen LogP contribution in [0.3, 0.4) is 0 Å². The van der Waals surface area contributed by atoms with Gasteiger partial charge >= 0.3 is 5.97 Å². The lowest BCUT2D eigenvalue weighted by Gasteiger charge is -2.29. The van der Waals surface area contributed by atoms with Gasteiger partial charge in [-0.3, -0.25) is 14.6 Å². The van der Waals surface area contributed by atoms with Crippen LogP contribution in [0.2, 0.25) is 0 Å². The van der Waals surface area contributed by atoms with E-state index in [1.807, 2.05) is 52.0 Å². The fraction of sp³-hybridized carbons (Fsp3) is 0.548. The Balaban J connectivity index is 1.78. The monoisotopic (exact) mass is 587 g/mol. The van der Waals surface area contributed by atoms with Crippen molar-refractivity contribution in [3.05, 3.63) is 64.6 Å². The first kappa shape index (κ1) is 34.5. The number of aryl methyl sites for hydroxylation is 2. The molecular formula is C31H45N3O8. The van der Waals surface area contributed by atoms with E-state index < -0.39 is 12.2 Å². The van der Waals surface area contributed by atoms with Gasteiger partial charge in [0.15, 0.2) is 0 Å². The van der Waals surface area contributed by atoms with Crippen LogP contribution in [0.25, 0.3) is 0 Å². The van der Waals surface area contributed by atoms with Gasteiger partial charge in [0.25, 0.3) is 0 Å². The highest BCUT2D eigenvalue weighted by molar-refractivity contribution is 5.76. The van der Waals surface area contributed by atoms with Crippen LogP contribution in [0, 0.1) is 4.91 Å². The molecule has 0 bridgehead atoms. The van der Waals surface area contributed by atoms with Crippen molar-refractivity contribution in [3.63, 3.8) is 0 Å². The lowest BCUT2D eigenvalue weighted by atomic mass is 10.1. The van der Waals surface area contributed by atoms with E-state index in [4.69, 9.17) is 9.47 Å². The van der Waals surface area contributed by atoms with Crippen LogP contribution in [0.5, 0.6) is 11.5 Å². The second kappa shape index (κ2) is 18.0. The molecule has 0 spiro atoms. The highest BCUT2D eigenvalue weighted by Crippen LogP contribution is 2.17. The average Bonchev–Trinajstić information content (AvgIpc) is 2.98. The summed E-state index contributed by atoms with van der Waals surface area (Å²) in [6.45, 7) is 7.74. The smallest absolute Gasteiger partial charge is 0.305 e. The molecule has 0 heterocycles. The molecule has 11 heteroatoms. The zero-order valence-corrected chi connectivity index (χ0v) is 25.3. The number of ether oxygens (including phenoxy) is 3. The maximum Gasteiger partial charge on any atom is 0.305 e. The summed E-state index contributed by atoms with van der Waals surface area (Å²) < 4.78 is 16.0. The van der Waals surface area contributed by atoms with Crippen molar-refractivity contribution in [2.45, 2.75) is 77.7 Å². The van der Waals surface area contributed by atoms with Gasteiger partial charge < -0.3 is 29.3 Å². The van der Waals surface area contributed by atoms with Crippen LogP contribution >= 0.6 is 0 Å². The van der Waals surface area contributed by atoms with Gasteiger partial charge in [-0.1, -0.05) is 24.3 Å². The zero-order chi connectivity index (χ0) is 31.1. The van der Waals surface area contributed by atoms with Crippen LogP contribution in [-0.2, 0) is 27.2 Å². The number of hydrogen-bond donors (Lipinski definition) is 2. The predicted molar refractivity (Wildman–Crippen MR) is 159 cm³/mol. The highest BCUT2D eigenvalue weighted by atomic mass is 16.5. The van der Waals surface area contributed by atoms with Crippen molar-refractivity contribution in [1.29, 1.82) is 0 Å². The Morgan fingerprint density at radius 1 is 0.762 bits per heavy atom. The van der Waals surface area contributed by atoms with E-state index in [1.54, 1.807) is 29.2 Å². The molecule has 2 unspecified atom stereocenters. The Kier molecular flexibility index (Phi) is 14.8. The van der Waals surface area contributed by atoms with Gasteiger partial charge in [0.1, 0.15) is 36.9 Å². The lowest BCUT2D eigenvalue weighted by molar-refractivity contribution is -0.140. The molecule has 2 N–H and O–H groups in total. The zero-order valence-electron chi connectivity index (χ0n) is 25.3. The van der Waals surface area contributed by atoms with Gasteiger partial charge in [0, 0.05) is 24.9 Å². The standard InChI is InChI=1S/C31H45N3O8/c1-22(2)33(18-26(35)20-41-28-14-8-25(9-15-28)11-17-31(38)40-5)30(37)16-10-24-6-12-29(13-7-24)42-21-27(36)19-34(32-39)23(3)4/h6-9,12-15,22-23,26-27,35-36H,10-11,16-21H2,1-5H3. The number of nitrogens with zero attached hydrogens (tertiary/aromatic N) is 3. The molecule has 2 aromatic carbocycles. The minimum absolute atomic E-state index is 0.0221. The number of carbonyl (C=O) groups excluding carboxylic acids is 2. The average molecular weight is 588 g/mol. The molecule has 2 rings (SSSR count). The van der Waals surface area contributed by atoms with Crippen molar-refractivity contribution in [2.75, 3.05) is 33.4 Å². The van der Waals surface area contributed by atoms with E-state index in [9.17, 15) is 24.7 Å². The molecule has 0 aliphatic carbocycles. The number of aliphatic hydroxyl groups is 2. The van der Waals surface area contributed by atoms with Gasteiger partial charge in [-0.05, 0) is 75.9 Å². The summed E-state index contributed by atoms with van der Waals surface area (Å²) in [6.07, 6.45) is -0.0517. The van der Waals surface area contributed by atoms with Crippen LogP contribution in [0.4, 0.5) is 0 Å². The Morgan fingerprint density at radius 3 is 1.67 bits per heavy atom. The molecule has 0 aliphatic rings. The predicted octanol–water partition coefficient (Wildman–Crippen LogP) is 3.53. The number of esters is 1. The number of carbonyl (C=O) groups is 2. The second-order valence-electron chi connectivity index (χ2n) is 10.7. The fourth-order valence-electron chi connectivity index (χ4n) is 4.12. The van der Waals surface area contributed by atoms with Gasteiger partial charge in [-0.15, -0.1) is 4.91 Å². The molecule has 0 aromatic heterocycles. The minimum atomic E-state index is -0.866. The van der Waals surface area contributed by atoms with Crippen LogP contribution in [-0.4, -0.2) is 89.7 Å². The Hall–Kier alpha value is -3.70. The number of rotatable bonds is 19. The number of methoxy groups -OCH3 is 1. The van der Waals surface area contributed by atoms with Crippen molar-refractivity contribution in [1.82, 2.24) is 9.91 Å². The van der Waals surface area contributed by atoms with Gasteiger partial charge in [-0.25, -0.2) is 0 Å². The second-order valence-corrected chi connectivity index (χ2v) is 10.7. The summed E-state index contributed by atoms with van der Waals surface area (Å²) in [5.41, 5.74) is 1.93. The van der Waals surface area contributed by atoms with Crippen molar-refractivity contribution in [3.8, 4) is 11.5 Å². The maximum atomic E-state index is 13.0. The van der Waals surface area contributed by atoms with Crippen LogP contribution < -0.4 is 9.47 Å². The molecule has 42 heavy (non-hydrogen) atoms. The largest absolute Gasteiger partial charge is 0.491 e. The molecule has 0 fully saturated rings. The third-order valence-electron chi connectivity index (χ3n) is 6.65. The normalized spacial score (nSPS) is 12.5. The molecule has 0 saturated carbocycles. The topological polar surface area (TPSA) is 138 Å². The van der Waals surface area contributed by atoms with E-state index in [1.165, 1.54) is 12.1 Å². The van der Waals surface area contributed by atoms with E-state index >= 15 is 0 Å². The summed E-state index contributed by atoms with van der Waals surface area (Å²) in [6, 6.07) is 14.4.